The van der Waals surface area contributed by atoms with Gasteiger partial charge in [-0.1, -0.05) is 31.2 Å². The van der Waals surface area contributed by atoms with Gasteiger partial charge in [-0.05, 0) is 18.1 Å². The summed E-state index contributed by atoms with van der Waals surface area (Å²) in [5, 5.41) is 0. The molecule has 0 aliphatic carbocycles. The molecule has 1 aromatic rings. The van der Waals surface area contributed by atoms with Gasteiger partial charge in [0.25, 0.3) is 10.0 Å². The van der Waals surface area contributed by atoms with Crippen molar-refractivity contribution in [1.82, 2.24) is 0 Å². The third kappa shape index (κ3) is 3.14. The minimum atomic E-state index is -3.50. The molecule has 1 aliphatic rings. The maximum Gasteiger partial charge on any atom is 0.259 e. The van der Waals surface area contributed by atoms with Crippen molar-refractivity contribution in [2.75, 3.05) is 6.61 Å². The summed E-state index contributed by atoms with van der Waals surface area (Å²) in [4.78, 5) is 0. The van der Waals surface area contributed by atoms with E-state index in [1.807, 2.05) is 19.1 Å². The lowest BCUT2D eigenvalue weighted by molar-refractivity contribution is 0.361. The van der Waals surface area contributed by atoms with E-state index in [9.17, 15) is 8.42 Å². The van der Waals surface area contributed by atoms with Crippen molar-refractivity contribution in [3.8, 4) is 5.75 Å². The van der Waals surface area contributed by atoms with Crippen molar-refractivity contribution in [1.29, 1.82) is 0 Å². The van der Waals surface area contributed by atoms with E-state index >= 15 is 0 Å². The number of fused-ring (bicyclic) bond motifs is 1. The number of allylic oxidation sites excluding steroid dienone is 1. The summed E-state index contributed by atoms with van der Waals surface area (Å²) in [6, 6.07) is 5.24. The Morgan fingerprint density at radius 3 is 2.95 bits per heavy atom. The first-order chi connectivity index (χ1) is 9.03. The van der Waals surface area contributed by atoms with Crippen molar-refractivity contribution in [2.24, 2.45) is 10.1 Å². The Labute approximate surface area is 112 Å². The van der Waals surface area contributed by atoms with Crippen LogP contribution < -0.4 is 10.5 Å². The fourth-order valence-corrected chi connectivity index (χ4v) is 2.99. The number of nitrogens with two attached hydrogens (primary N) is 1. The predicted molar refractivity (Wildman–Crippen MR) is 74.7 cm³/mol. The molecule has 1 heterocycles. The Balaban J connectivity index is 2.31. The number of hydrogen-bond acceptors (Lipinski definition) is 4. The summed E-state index contributed by atoms with van der Waals surface area (Å²) in [6.07, 6.45) is 4.85. The number of rotatable bonds is 4. The average molecular weight is 280 g/mol. The van der Waals surface area contributed by atoms with Gasteiger partial charge in [-0.2, -0.15) is 0 Å². The number of hydrogen-bond donors (Lipinski definition) is 1. The van der Waals surface area contributed by atoms with Crippen LogP contribution in [0.5, 0.6) is 5.75 Å². The Bertz CT molecular complexity index is 633. The van der Waals surface area contributed by atoms with Crippen LogP contribution in [0.2, 0.25) is 0 Å². The van der Waals surface area contributed by atoms with E-state index in [4.69, 9.17) is 10.5 Å². The summed E-state index contributed by atoms with van der Waals surface area (Å²) in [7, 11) is -3.50. The van der Waals surface area contributed by atoms with Gasteiger partial charge in [-0.3, -0.25) is 0 Å². The number of nitrogens with zero attached hydrogens (tertiary/aromatic N) is 1. The summed E-state index contributed by atoms with van der Waals surface area (Å²) in [5.41, 5.74) is 6.94. The van der Waals surface area contributed by atoms with E-state index in [2.05, 4.69) is 4.40 Å². The third-order valence-corrected chi connectivity index (χ3v) is 3.83. The normalized spacial score (nSPS) is 17.0. The van der Waals surface area contributed by atoms with Crippen molar-refractivity contribution in [2.45, 2.75) is 19.1 Å². The zero-order valence-corrected chi connectivity index (χ0v) is 11.5. The molecule has 0 unspecified atom stereocenters. The molecular formula is C13H16N2O3S. The molecule has 6 heteroatoms. The predicted octanol–water partition coefficient (Wildman–Crippen LogP) is 1.58. The van der Waals surface area contributed by atoms with Crippen molar-refractivity contribution >= 4 is 15.9 Å². The monoisotopic (exact) mass is 280 g/mol. The lowest BCUT2D eigenvalue weighted by Gasteiger charge is -2.17. The molecule has 1 aromatic carbocycles. The molecule has 102 valence electrons. The number of ether oxygens (including phenoxy) is 1. The quantitative estimate of drug-likeness (QED) is 0.849. The molecule has 0 radical (unpaired) electrons. The van der Waals surface area contributed by atoms with Crippen molar-refractivity contribution < 1.29 is 13.2 Å². The van der Waals surface area contributed by atoms with Crippen LogP contribution in [0.15, 0.2) is 34.7 Å². The van der Waals surface area contributed by atoms with E-state index < -0.39 is 10.0 Å². The highest BCUT2D eigenvalue weighted by Crippen LogP contribution is 2.27. The molecule has 1 aliphatic heterocycles. The van der Waals surface area contributed by atoms with Crippen LogP contribution in [0.25, 0.3) is 0 Å². The maximum absolute atomic E-state index is 11.5. The van der Waals surface area contributed by atoms with E-state index in [0.717, 1.165) is 6.42 Å². The van der Waals surface area contributed by atoms with Crippen LogP contribution in [-0.2, 0) is 15.8 Å². The highest BCUT2D eigenvalue weighted by atomic mass is 32.2. The second-order valence-corrected chi connectivity index (χ2v) is 5.82. The van der Waals surface area contributed by atoms with Gasteiger partial charge in [0.05, 0.1) is 11.3 Å². The lowest BCUT2D eigenvalue weighted by Crippen LogP contribution is -2.24. The highest BCUT2D eigenvalue weighted by Gasteiger charge is 2.24. The Hall–Kier alpha value is -1.82. The minimum Gasteiger partial charge on any atom is -0.489 e. The standard InChI is InChI=1S/C13H16N2O3S/c1-2-3-4-8-18-11-7-5-6-10-9-19(16,17)15-13(14)12(10)11/h3-7H,2,8-9H2,1H3,(H2,14,15)/b4-3+. The fourth-order valence-electron chi connectivity index (χ4n) is 1.90. The van der Waals surface area contributed by atoms with Gasteiger partial charge in [0, 0.05) is 0 Å². The fraction of sp³-hybridized carbons (Fsp3) is 0.308. The van der Waals surface area contributed by atoms with E-state index in [-0.39, 0.29) is 11.6 Å². The maximum atomic E-state index is 11.5. The molecule has 2 rings (SSSR count). The summed E-state index contributed by atoms with van der Waals surface area (Å²) >= 11 is 0. The van der Waals surface area contributed by atoms with Crippen molar-refractivity contribution in [3.63, 3.8) is 0 Å². The molecule has 0 atom stereocenters. The van der Waals surface area contributed by atoms with Crippen LogP contribution in [0.1, 0.15) is 24.5 Å². The molecule has 19 heavy (non-hydrogen) atoms. The largest absolute Gasteiger partial charge is 0.489 e. The molecule has 0 saturated carbocycles. The van der Waals surface area contributed by atoms with Gasteiger partial charge < -0.3 is 10.5 Å². The van der Waals surface area contributed by atoms with Crippen molar-refractivity contribution in [3.05, 3.63) is 41.5 Å². The molecule has 0 bridgehead atoms. The van der Waals surface area contributed by atoms with E-state index in [1.165, 1.54) is 0 Å². The molecule has 0 spiro atoms. The molecule has 2 N–H and O–H groups in total. The molecular weight excluding hydrogens is 264 g/mol. The average Bonchev–Trinajstić information content (AvgIpc) is 2.32. The Kier molecular flexibility index (Phi) is 3.90. The second-order valence-electron chi connectivity index (χ2n) is 4.18. The second kappa shape index (κ2) is 5.44. The zero-order chi connectivity index (χ0) is 13.9. The molecule has 0 aromatic heterocycles. The van der Waals surface area contributed by atoms with Crippen LogP contribution in [-0.4, -0.2) is 20.9 Å². The molecule has 0 saturated heterocycles. The Morgan fingerprint density at radius 2 is 2.21 bits per heavy atom. The van der Waals surface area contributed by atoms with E-state index in [0.29, 0.717) is 23.5 Å². The molecule has 0 fully saturated rings. The first-order valence-corrected chi connectivity index (χ1v) is 7.62. The number of sulfonamides is 1. The van der Waals surface area contributed by atoms with Gasteiger partial charge in [-0.15, -0.1) is 4.40 Å². The minimum absolute atomic E-state index is 0.00341. The van der Waals surface area contributed by atoms with Gasteiger partial charge in [0.1, 0.15) is 18.2 Å². The van der Waals surface area contributed by atoms with Crippen LogP contribution in [0.3, 0.4) is 0 Å². The Morgan fingerprint density at radius 1 is 1.42 bits per heavy atom. The first kappa shape index (κ1) is 13.6. The van der Waals surface area contributed by atoms with Gasteiger partial charge in [0.15, 0.2) is 0 Å². The SMILES string of the molecule is CC/C=C/COc1cccc2c1C(N)=NS(=O)(=O)C2. The third-order valence-electron chi connectivity index (χ3n) is 2.68. The zero-order valence-electron chi connectivity index (χ0n) is 10.7. The number of amidine groups is 1. The smallest absolute Gasteiger partial charge is 0.259 e. The highest BCUT2D eigenvalue weighted by molar-refractivity contribution is 7.89. The van der Waals surface area contributed by atoms with Gasteiger partial charge in [-0.25, -0.2) is 8.42 Å². The van der Waals surface area contributed by atoms with E-state index in [1.54, 1.807) is 18.2 Å². The number of benzene rings is 1. The topological polar surface area (TPSA) is 81.8 Å². The first-order valence-electron chi connectivity index (χ1n) is 6.01. The molecule has 0 amide bonds. The van der Waals surface area contributed by atoms with Gasteiger partial charge >= 0.3 is 0 Å². The van der Waals surface area contributed by atoms with Crippen LogP contribution in [0, 0.1) is 0 Å². The van der Waals surface area contributed by atoms with Crippen LogP contribution >= 0.6 is 0 Å². The summed E-state index contributed by atoms with van der Waals surface area (Å²) in [6.45, 7) is 2.46. The molecule has 5 nitrogen and oxygen atoms in total. The summed E-state index contributed by atoms with van der Waals surface area (Å²) < 4.78 is 32.2. The lowest BCUT2D eigenvalue weighted by atomic mass is 10.1. The summed E-state index contributed by atoms with van der Waals surface area (Å²) in [5.74, 6) is 0.427. The van der Waals surface area contributed by atoms with Gasteiger partial charge in [0.2, 0.25) is 0 Å². The van der Waals surface area contributed by atoms with Crippen LogP contribution in [0.4, 0.5) is 0 Å².